The number of hydrogen-bond acceptors (Lipinski definition) is 1. The Morgan fingerprint density at radius 1 is 1.14 bits per heavy atom. The molecule has 2 aliphatic carbocycles. The van der Waals surface area contributed by atoms with Gasteiger partial charge in [-0.15, -0.1) is 0 Å². The maximum Gasteiger partial charge on any atom is 0.0279 e. The van der Waals surface area contributed by atoms with E-state index in [4.69, 9.17) is 6.58 Å². The molecule has 0 aromatic carbocycles. The monoisotopic (exact) mass is 491 g/mol. The van der Waals surface area contributed by atoms with Crippen LogP contribution >= 0.6 is 0 Å². The first-order valence-electron chi connectivity index (χ1n) is 15.0. The van der Waals surface area contributed by atoms with Gasteiger partial charge in [0.1, 0.15) is 0 Å². The lowest BCUT2D eigenvalue weighted by Crippen LogP contribution is -2.31. The highest BCUT2D eigenvalue weighted by atomic mass is 14.9. The fourth-order valence-corrected chi connectivity index (χ4v) is 6.43. The van der Waals surface area contributed by atoms with E-state index in [1.54, 1.807) is 0 Å². The zero-order chi connectivity index (χ0) is 26.5. The maximum atomic E-state index is 4.88. The molecule has 1 N–H and O–H groups in total. The van der Waals surface area contributed by atoms with Crippen LogP contribution in [0.25, 0.3) is 0 Å². The Morgan fingerprint density at radius 3 is 2.50 bits per heavy atom. The third-order valence-electron chi connectivity index (χ3n) is 9.11. The van der Waals surface area contributed by atoms with Gasteiger partial charge in [0.2, 0.25) is 0 Å². The highest BCUT2D eigenvalue weighted by Crippen LogP contribution is 2.41. The summed E-state index contributed by atoms with van der Waals surface area (Å²) in [5.74, 6) is 1.82. The zero-order valence-electron chi connectivity index (χ0n) is 24.7. The number of rotatable bonds is 15. The molecule has 0 saturated heterocycles. The first-order chi connectivity index (χ1) is 17.3. The molecule has 0 amide bonds. The molecule has 0 spiro atoms. The Morgan fingerprint density at radius 2 is 1.86 bits per heavy atom. The van der Waals surface area contributed by atoms with Crippen LogP contribution in [0.4, 0.5) is 0 Å². The van der Waals surface area contributed by atoms with Gasteiger partial charge < -0.3 is 5.32 Å². The Hall–Kier alpha value is -1.60. The minimum Gasteiger partial charge on any atom is -0.313 e. The van der Waals surface area contributed by atoms with E-state index in [2.05, 4.69) is 77.9 Å². The molecular weight excluding hydrogens is 434 g/mol. The lowest BCUT2D eigenvalue weighted by atomic mass is 9.73. The average Bonchev–Trinajstić information content (AvgIpc) is 3.02. The van der Waals surface area contributed by atoms with Gasteiger partial charge in [-0.05, 0) is 78.7 Å². The summed E-state index contributed by atoms with van der Waals surface area (Å²) in [5.41, 5.74) is 8.69. The molecule has 0 aromatic rings. The molecule has 1 fully saturated rings. The largest absolute Gasteiger partial charge is 0.313 e. The Bertz CT molecular complexity index is 827. The highest BCUT2D eigenvalue weighted by molar-refractivity contribution is 5.42. The molecule has 0 radical (unpaired) electrons. The summed E-state index contributed by atoms with van der Waals surface area (Å²) in [5, 5.41) is 3.62. The highest BCUT2D eigenvalue weighted by Gasteiger charge is 2.29. The van der Waals surface area contributed by atoms with Crippen molar-refractivity contribution >= 4 is 0 Å². The smallest absolute Gasteiger partial charge is 0.0279 e. The Kier molecular flexibility index (Phi) is 13.9. The molecule has 3 atom stereocenters. The van der Waals surface area contributed by atoms with Crippen LogP contribution in [0.5, 0.6) is 0 Å². The van der Waals surface area contributed by atoms with E-state index < -0.39 is 0 Å². The maximum absolute atomic E-state index is 4.88. The summed E-state index contributed by atoms with van der Waals surface area (Å²) in [4.78, 5) is 0. The van der Waals surface area contributed by atoms with Gasteiger partial charge in [-0.2, -0.15) is 0 Å². The van der Waals surface area contributed by atoms with E-state index in [1.807, 2.05) is 0 Å². The van der Waals surface area contributed by atoms with Crippen molar-refractivity contribution in [3.8, 4) is 0 Å². The quantitative estimate of drug-likeness (QED) is 0.225. The summed E-state index contributed by atoms with van der Waals surface area (Å²) < 4.78 is 0. The second-order valence-electron chi connectivity index (χ2n) is 11.7. The van der Waals surface area contributed by atoms with Crippen molar-refractivity contribution in [1.29, 1.82) is 0 Å². The van der Waals surface area contributed by atoms with Crippen molar-refractivity contribution in [2.75, 3.05) is 7.05 Å². The molecule has 0 bridgehead atoms. The van der Waals surface area contributed by atoms with Gasteiger partial charge >= 0.3 is 0 Å². The number of nitrogens with one attached hydrogen (secondary N) is 1. The van der Waals surface area contributed by atoms with Crippen LogP contribution < -0.4 is 5.32 Å². The van der Waals surface area contributed by atoms with Gasteiger partial charge in [-0.1, -0.05) is 129 Å². The molecule has 1 heteroatoms. The molecular formula is C35H57N. The number of hydrogen-bond donors (Lipinski definition) is 1. The van der Waals surface area contributed by atoms with Crippen LogP contribution in [-0.2, 0) is 0 Å². The predicted molar refractivity (Wildman–Crippen MR) is 162 cm³/mol. The third kappa shape index (κ3) is 9.37. The molecule has 2 rings (SSSR count). The second-order valence-corrected chi connectivity index (χ2v) is 11.7. The van der Waals surface area contributed by atoms with Gasteiger partial charge in [0, 0.05) is 12.0 Å². The van der Waals surface area contributed by atoms with Crippen LogP contribution in [0.1, 0.15) is 118 Å². The van der Waals surface area contributed by atoms with Crippen LogP contribution in [0, 0.1) is 17.8 Å². The third-order valence-corrected chi connectivity index (χ3v) is 9.11. The van der Waals surface area contributed by atoms with Crippen molar-refractivity contribution in [1.82, 2.24) is 5.32 Å². The fraction of sp³-hybridized carbons (Fsp3) is 0.657. The summed E-state index contributed by atoms with van der Waals surface area (Å²) in [6.07, 6.45) is 26.1. The van der Waals surface area contributed by atoms with E-state index in [0.717, 1.165) is 31.6 Å². The molecule has 36 heavy (non-hydrogen) atoms. The lowest BCUT2D eigenvalue weighted by Gasteiger charge is -2.33. The second kappa shape index (κ2) is 16.3. The van der Waals surface area contributed by atoms with Crippen molar-refractivity contribution in [2.24, 2.45) is 17.8 Å². The fourth-order valence-electron chi connectivity index (χ4n) is 6.43. The van der Waals surface area contributed by atoms with Gasteiger partial charge in [0.25, 0.3) is 0 Å². The van der Waals surface area contributed by atoms with Crippen LogP contribution in [0.3, 0.4) is 0 Å². The van der Waals surface area contributed by atoms with Gasteiger partial charge in [-0.25, -0.2) is 0 Å². The summed E-state index contributed by atoms with van der Waals surface area (Å²) in [6, 6.07) is 0.414. The van der Waals surface area contributed by atoms with Crippen molar-refractivity contribution in [3.05, 3.63) is 70.9 Å². The summed E-state index contributed by atoms with van der Waals surface area (Å²) in [7, 11) is 2.12. The number of likely N-dealkylation sites (N-methyl/N-ethyl adjacent to an activating group) is 1. The molecule has 3 unspecified atom stereocenters. The molecule has 1 saturated carbocycles. The van der Waals surface area contributed by atoms with E-state index >= 15 is 0 Å². The van der Waals surface area contributed by atoms with E-state index in [0.29, 0.717) is 17.9 Å². The van der Waals surface area contributed by atoms with Crippen molar-refractivity contribution in [2.45, 2.75) is 124 Å². The minimum atomic E-state index is 0.345. The molecule has 1 nitrogen and oxygen atoms in total. The van der Waals surface area contributed by atoms with Gasteiger partial charge in [0.15, 0.2) is 0 Å². The number of allylic oxidation sites excluding steroid dienone is 9. The molecule has 0 aliphatic heterocycles. The Balaban J connectivity index is 2.27. The van der Waals surface area contributed by atoms with Crippen molar-refractivity contribution in [3.63, 3.8) is 0 Å². The predicted octanol–water partition coefficient (Wildman–Crippen LogP) is 10.4. The summed E-state index contributed by atoms with van der Waals surface area (Å²) in [6.45, 7) is 20.6. The topological polar surface area (TPSA) is 12.0 Å². The first kappa shape index (κ1) is 30.6. The van der Waals surface area contributed by atoms with Crippen LogP contribution in [-0.4, -0.2) is 13.1 Å². The van der Waals surface area contributed by atoms with Gasteiger partial charge in [-0.3, -0.25) is 0 Å². The summed E-state index contributed by atoms with van der Waals surface area (Å²) >= 11 is 0. The normalized spacial score (nSPS) is 21.2. The lowest BCUT2D eigenvalue weighted by molar-refractivity contribution is 0.316. The SMILES string of the molecule is C=C(CCC)CCC1=CC=CC(C)=C(C)C1C(=C)C(CCCC1CCCCC1)CC(NC)/C(C)=C/C. The Labute approximate surface area is 225 Å². The average molecular weight is 492 g/mol. The zero-order valence-corrected chi connectivity index (χ0v) is 24.7. The van der Waals surface area contributed by atoms with Crippen molar-refractivity contribution < 1.29 is 0 Å². The molecule has 0 heterocycles. The molecule has 202 valence electrons. The van der Waals surface area contributed by atoms with E-state index in [9.17, 15) is 0 Å². The van der Waals surface area contributed by atoms with Crippen LogP contribution in [0.15, 0.2) is 70.9 Å². The standard InChI is InChI=1S/C35H57N/c1-9-16-26(3)23-24-32-21-14-17-28(5)29(6)35(32)30(7)33(25-34(36-8)27(4)10-2)22-15-20-31-18-12-11-13-19-31/h10,14,17,21,31,33-36H,3,7,9,11-13,15-16,18-20,22-25H2,1-2,4-6,8H3/b27-10+. The van der Waals surface area contributed by atoms with Gasteiger partial charge in [0.05, 0.1) is 0 Å². The van der Waals surface area contributed by atoms with Crippen LogP contribution in [0.2, 0.25) is 0 Å². The molecule has 0 aromatic heterocycles. The minimum absolute atomic E-state index is 0.345. The van der Waals surface area contributed by atoms with E-state index in [1.165, 1.54) is 91.2 Å². The molecule has 2 aliphatic rings. The first-order valence-corrected chi connectivity index (χ1v) is 15.0. The van der Waals surface area contributed by atoms with E-state index in [-0.39, 0.29) is 0 Å².